The van der Waals surface area contributed by atoms with Gasteiger partial charge in [-0.05, 0) is 36.2 Å². The van der Waals surface area contributed by atoms with E-state index in [4.69, 9.17) is 9.47 Å². The first-order valence-electron chi connectivity index (χ1n) is 7.19. The van der Waals surface area contributed by atoms with Gasteiger partial charge in [0.25, 0.3) is 0 Å². The molecule has 2 aromatic carbocycles. The zero-order valence-electron chi connectivity index (χ0n) is 13.2. The fourth-order valence-corrected chi connectivity index (χ4v) is 2.32. The third-order valence-electron chi connectivity index (χ3n) is 3.50. The molecule has 2 rings (SSSR count). The van der Waals surface area contributed by atoms with Gasteiger partial charge in [0.1, 0.15) is 11.5 Å². The summed E-state index contributed by atoms with van der Waals surface area (Å²) in [5.41, 5.74) is 1.98. The number of nitrogens with zero attached hydrogens (tertiary/aromatic N) is 1. The van der Waals surface area contributed by atoms with Crippen molar-refractivity contribution >= 4 is 11.6 Å². The van der Waals surface area contributed by atoms with Crippen molar-refractivity contribution in [2.45, 2.75) is 13.3 Å². The summed E-state index contributed by atoms with van der Waals surface area (Å²) in [5, 5.41) is 0. The molecule has 4 heteroatoms. The Morgan fingerprint density at radius 2 is 1.64 bits per heavy atom. The number of methoxy groups -OCH3 is 2. The molecule has 0 aliphatic carbocycles. The van der Waals surface area contributed by atoms with E-state index in [1.54, 1.807) is 26.0 Å². The van der Waals surface area contributed by atoms with Gasteiger partial charge in [0.15, 0.2) is 0 Å². The van der Waals surface area contributed by atoms with Crippen LogP contribution in [0.2, 0.25) is 0 Å². The molecule has 0 aliphatic rings. The predicted molar refractivity (Wildman–Crippen MR) is 87.7 cm³/mol. The van der Waals surface area contributed by atoms with Gasteiger partial charge in [-0.2, -0.15) is 0 Å². The van der Waals surface area contributed by atoms with Crippen LogP contribution in [0.25, 0.3) is 0 Å². The molecule has 4 nitrogen and oxygen atoms in total. The van der Waals surface area contributed by atoms with Gasteiger partial charge in [0.2, 0.25) is 5.91 Å². The number of hydrogen-bond acceptors (Lipinski definition) is 3. The highest BCUT2D eigenvalue weighted by Crippen LogP contribution is 2.22. The molecule has 0 aliphatic heterocycles. The SMILES string of the molecule is COc1cccc(CCN(C(C)=O)c2cccc(OC)c2)c1. The van der Waals surface area contributed by atoms with Crippen molar-refractivity contribution in [3.8, 4) is 11.5 Å². The van der Waals surface area contributed by atoms with Crippen molar-refractivity contribution in [2.24, 2.45) is 0 Å². The van der Waals surface area contributed by atoms with E-state index >= 15 is 0 Å². The molecule has 0 heterocycles. The molecule has 22 heavy (non-hydrogen) atoms. The summed E-state index contributed by atoms with van der Waals surface area (Å²) < 4.78 is 10.5. The molecule has 0 fully saturated rings. The van der Waals surface area contributed by atoms with Crippen molar-refractivity contribution in [3.05, 3.63) is 54.1 Å². The number of carbonyl (C=O) groups is 1. The molecule has 0 saturated heterocycles. The van der Waals surface area contributed by atoms with E-state index in [9.17, 15) is 4.79 Å². The molecular weight excluding hydrogens is 278 g/mol. The Labute approximate surface area is 131 Å². The van der Waals surface area contributed by atoms with Gasteiger partial charge in [0, 0.05) is 25.2 Å². The van der Waals surface area contributed by atoms with Crippen LogP contribution in [0.5, 0.6) is 11.5 Å². The molecular formula is C18H21NO3. The van der Waals surface area contributed by atoms with Gasteiger partial charge < -0.3 is 14.4 Å². The van der Waals surface area contributed by atoms with Crippen LogP contribution >= 0.6 is 0 Å². The second-order valence-electron chi connectivity index (χ2n) is 4.97. The van der Waals surface area contributed by atoms with Crippen molar-refractivity contribution in [1.29, 1.82) is 0 Å². The Balaban J connectivity index is 2.13. The number of anilines is 1. The second kappa shape index (κ2) is 7.50. The van der Waals surface area contributed by atoms with Crippen LogP contribution in [0, 0.1) is 0 Å². The van der Waals surface area contributed by atoms with Crippen molar-refractivity contribution in [1.82, 2.24) is 0 Å². The Bertz CT molecular complexity index is 640. The maximum Gasteiger partial charge on any atom is 0.223 e. The quantitative estimate of drug-likeness (QED) is 0.821. The average Bonchev–Trinajstić information content (AvgIpc) is 2.55. The Morgan fingerprint density at radius 1 is 1.00 bits per heavy atom. The monoisotopic (exact) mass is 299 g/mol. The molecule has 1 amide bonds. The van der Waals surface area contributed by atoms with Crippen LogP contribution in [0.1, 0.15) is 12.5 Å². The van der Waals surface area contributed by atoms with Crippen LogP contribution in [-0.2, 0) is 11.2 Å². The largest absolute Gasteiger partial charge is 0.497 e. The van der Waals surface area contributed by atoms with Crippen LogP contribution in [0.3, 0.4) is 0 Å². The van der Waals surface area contributed by atoms with Gasteiger partial charge in [-0.15, -0.1) is 0 Å². The van der Waals surface area contributed by atoms with E-state index in [2.05, 4.69) is 0 Å². The van der Waals surface area contributed by atoms with E-state index in [0.29, 0.717) is 6.54 Å². The fourth-order valence-electron chi connectivity index (χ4n) is 2.32. The number of hydrogen-bond donors (Lipinski definition) is 0. The van der Waals surface area contributed by atoms with E-state index in [0.717, 1.165) is 29.2 Å². The summed E-state index contributed by atoms with van der Waals surface area (Å²) >= 11 is 0. The number of ether oxygens (including phenoxy) is 2. The Hall–Kier alpha value is -2.49. The lowest BCUT2D eigenvalue weighted by Gasteiger charge is -2.22. The van der Waals surface area contributed by atoms with E-state index in [1.807, 2.05) is 48.5 Å². The van der Waals surface area contributed by atoms with Crippen molar-refractivity contribution in [2.75, 3.05) is 25.7 Å². The van der Waals surface area contributed by atoms with Crippen LogP contribution in [-0.4, -0.2) is 26.7 Å². The third kappa shape index (κ3) is 4.01. The van der Waals surface area contributed by atoms with Crippen molar-refractivity contribution in [3.63, 3.8) is 0 Å². The van der Waals surface area contributed by atoms with Gasteiger partial charge >= 0.3 is 0 Å². The maximum atomic E-state index is 11.9. The number of carbonyl (C=O) groups excluding carboxylic acids is 1. The summed E-state index contributed by atoms with van der Waals surface area (Å²) in [4.78, 5) is 13.7. The molecule has 0 atom stereocenters. The molecule has 0 N–H and O–H groups in total. The minimum atomic E-state index is 0.0103. The molecule has 2 aromatic rings. The summed E-state index contributed by atoms with van der Waals surface area (Å²) in [6.07, 6.45) is 0.758. The first kappa shape index (κ1) is 15.9. The summed E-state index contributed by atoms with van der Waals surface area (Å²) in [6.45, 7) is 2.18. The van der Waals surface area contributed by atoms with Crippen LogP contribution in [0.4, 0.5) is 5.69 Å². The fraction of sp³-hybridized carbons (Fsp3) is 0.278. The lowest BCUT2D eigenvalue weighted by molar-refractivity contribution is -0.116. The highest BCUT2D eigenvalue weighted by molar-refractivity contribution is 5.91. The smallest absolute Gasteiger partial charge is 0.223 e. The third-order valence-corrected chi connectivity index (χ3v) is 3.50. The lowest BCUT2D eigenvalue weighted by Crippen LogP contribution is -2.30. The minimum Gasteiger partial charge on any atom is -0.497 e. The zero-order valence-corrected chi connectivity index (χ0v) is 13.2. The van der Waals surface area contributed by atoms with Gasteiger partial charge in [-0.25, -0.2) is 0 Å². The minimum absolute atomic E-state index is 0.0103. The lowest BCUT2D eigenvalue weighted by atomic mass is 10.1. The topological polar surface area (TPSA) is 38.8 Å². The number of amides is 1. The van der Waals surface area contributed by atoms with Crippen LogP contribution < -0.4 is 14.4 Å². The first-order valence-corrected chi connectivity index (χ1v) is 7.19. The van der Waals surface area contributed by atoms with E-state index in [-0.39, 0.29) is 5.91 Å². The maximum absolute atomic E-state index is 11.9. The molecule has 0 radical (unpaired) electrons. The summed E-state index contributed by atoms with van der Waals surface area (Å²) in [7, 11) is 3.27. The zero-order chi connectivity index (χ0) is 15.9. The van der Waals surface area contributed by atoms with Gasteiger partial charge in [-0.1, -0.05) is 18.2 Å². The van der Waals surface area contributed by atoms with Crippen LogP contribution in [0.15, 0.2) is 48.5 Å². The predicted octanol–water partition coefficient (Wildman–Crippen LogP) is 3.30. The highest BCUT2D eigenvalue weighted by atomic mass is 16.5. The highest BCUT2D eigenvalue weighted by Gasteiger charge is 2.12. The number of rotatable bonds is 6. The normalized spacial score (nSPS) is 10.1. The van der Waals surface area contributed by atoms with Crippen molar-refractivity contribution < 1.29 is 14.3 Å². The molecule has 0 spiro atoms. The Morgan fingerprint density at radius 3 is 2.27 bits per heavy atom. The standard InChI is InChI=1S/C18H21NO3/c1-14(20)19(16-7-5-9-18(13-16)22-3)11-10-15-6-4-8-17(12-15)21-2/h4-9,12-13H,10-11H2,1-3H3. The van der Waals surface area contributed by atoms with E-state index < -0.39 is 0 Å². The Kier molecular flexibility index (Phi) is 5.42. The molecule has 0 bridgehead atoms. The summed E-state index contributed by atoms with van der Waals surface area (Å²) in [5.74, 6) is 1.58. The molecule has 0 aromatic heterocycles. The number of benzene rings is 2. The van der Waals surface area contributed by atoms with E-state index in [1.165, 1.54) is 0 Å². The molecule has 0 saturated carbocycles. The molecule has 0 unspecified atom stereocenters. The molecule has 116 valence electrons. The second-order valence-corrected chi connectivity index (χ2v) is 4.97. The first-order chi connectivity index (χ1) is 10.6. The summed E-state index contributed by atoms with van der Waals surface area (Å²) in [6, 6.07) is 15.4. The van der Waals surface area contributed by atoms with Gasteiger partial charge in [0.05, 0.1) is 14.2 Å². The average molecular weight is 299 g/mol. The van der Waals surface area contributed by atoms with Gasteiger partial charge in [-0.3, -0.25) is 4.79 Å².